The van der Waals surface area contributed by atoms with Crippen LogP contribution in [0.3, 0.4) is 0 Å². The number of pyridine rings is 1. The number of ether oxygens (including phenoxy) is 2. The number of aromatic nitrogens is 2. The van der Waals surface area contributed by atoms with Crippen LogP contribution in [0, 0.1) is 13.8 Å². The zero-order valence-corrected chi connectivity index (χ0v) is 25.0. The number of rotatable bonds is 11. The number of carbonyl (C=O) groups excluding carboxylic acids is 1. The lowest BCUT2D eigenvalue weighted by atomic mass is 9.96. The van der Waals surface area contributed by atoms with Crippen LogP contribution in [0.15, 0.2) is 54.7 Å². The second kappa shape index (κ2) is 13.5. The molecule has 2 N–H and O–H groups in total. The predicted molar refractivity (Wildman–Crippen MR) is 164 cm³/mol. The van der Waals surface area contributed by atoms with Gasteiger partial charge in [0.25, 0.3) is 0 Å². The molecule has 218 valence electrons. The molecule has 0 saturated carbocycles. The van der Waals surface area contributed by atoms with Crippen LogP contribution in [0.5, 0.6) is 5.75 Å². The Balaban J connectivity index is 1.34. The highest BCUT2D eigenvalue weighted by Crippen LogP contribution is 2.41. The van der Waals surface area contributed by atoms with Gasteiger partial charge in [0.2, 0.25) is 5.91 Å². The summed E-state index contributed by atoms with van der Waals surface area (Å²) in [7, 11) is 1.60. The topological polar surface area (TPSA) is 83.9 Å². The number of thiocarbonyl (C=S) groups is 1. The predicted octanol–water partition coefficient (Wildman–Crippen LogP) is 4.23. The van der Waals surface area contributed by atoms with E-state index in [4.69, 9.17) is 21.7 Å². The zero-order valence-electron chi connectivity index (χ0n) is 24.1. The van der Waals surface area contributed by atoms with Crippen LogP contribution in [-0.2, 0) is 16.1 Å². The van der Waals surface area contributed by atoms with Crippen molar-refractivity contribution in [2.45, 2.75) is 45.3 Å². The van der Waals surface area contributed by atoms with Crippen LogP contribution in [0.4, 0.5) is 5.69 Å². The number of methoxy groups -OCH3 is 1. The number of nitrogens with zero attached hydrogens (tertiary/aromatic N) is 4. The number of morpholine rings is 1. The molecular formula is C31H40N6O3S. The summed E-state index contributed by atoms with van der Waals surface area (Å²) in [6.07, 6.45) is 3.17. The fraction of sp³-hybridized carbons (Fsp3) is 0.452. The molecule has 2 aliphatic heterocycles. The summed E-state index contributed by atoms with van der Waals surface area (Å²) in [6, 6.07) is 15.5. The number of aryl methyl sites for hydroxylation is 1. The summed E-state index contributed by atoms with van der Waals surface area (Å²) in [5.74, 6) is 0.541. The molecule has 0 radical (unpaired) electrons. The number of carbonyl (C=O) groups is 1. The molecule has 2 aromatic heterocycles. The minimum absolute atomic E-state index is 0.0874. The third kappa shape index (κ3) is 6.72. The van der Waals surface area contributed by atoms with Crippen LogP contribution < -0.4 is 15.4 Å². The SMILES string of the molecule is COc1ccccc1NC(=O)CCN1C(=S)N[C@@H](c2ccccn2)[C@H]1c1cc(C)n(CCCN2CCOCC2)c1C. The zero-order chi connectivity index (χ0) is 28.8. The summed E-state index contributed by atoms with van der Waals surface area (Å²) in [5, 5.41) is 7.14. The van der Waals surface area contributed by atoms with Gasteiger partial charge in [-0.1, -0.05) is 18.2 Å². The molecule has 9 nitrogen and oxygen atoms in total. The number of amides is 1. The van der Waals surface area contributed by atoms with E-state index in [2.05, 4.69) is 49.9 Å². The van der Waals surface area contributed by atoms with Crippen molar-refractivity contribution in [1.29, 1.82) is 0 Å². The van der Waals surface area contributed by atoms with Crippen LogP contribution in [0.1, 0.15) is 47.6 Å². The van der Waals surface area contributed by atoms with Crippen molar-refractivity contribution in [3.05, 3.63) is 77.4 Å². The van der Waals surface area contributed by atoms with Crippen molar-refractivity contribution >= 4 is 28.9 Å². The third-order valence-electron chi connectivity index (χ3n) is 8.05. The molecule has 3 aromatic rings. The molecule has 0 unspecified atom stereocenters. The monoisotopic (exact) mass is 576 g/mol. The van der Waals surface area contributed by atoms with Crippen molar-refractivity contribution in [3.63, 3.8) is 0 Å². The molecule has 0 spiro atoms. The van der Waals surface area contributed by atoms with Gasteiger partial charge in [0.1, 0.15) is 5.75 Å². The van der Waals surface area contributed by atoms with E-state index < -0.39 is 0 Å². The first kappa shape index (κ1) is 29.0. The van der Waals surface area contributed by atoms with E-state index in [0.717, 1.165) is 51.5 Å². The summed E-state index contributed by atoms with van der Waals surface area (Å²) >= 11 is 5.85. The lowest BCUT2D eigenvalue weighted by molar-refractivity contribution is -0.116. The second-order valence-corrected chi connectivity index (χ2v) is 11.0. The molecule has 1 amide bonds. The Morgan fingerprint density at radius 1 is 1.12 bits per heavy atom. The van der Waals surface area contributed by atoms with Gasteiger partial charge in [-0.25, -0.2) is 0 Å². The quantitative estimate of drug-likeness (QED) is 0.328. The Morgan fingerprint density at radius 2 is 1.90 bits per heavy atom. The Hall–Kier alpha value is -3.47. The average Bonchev–Trinajstić information content (AvgIpc) is 3.47. The highest BCUT2D eigenvalue weighted by atomic mass is 32.1. The number of anilines is 1. The maximum Gasteiger partial charge on any atom is 0.226 e. The number of benzene rings is 1. The summed E-state index contributed by atoms with van der Waals surface area (Å²) in [4.78, 5) is 22.3. The maximum atomic E-state index is 13.0. The highest BCUT2D eigenvalue weighted by molar-refractivity contribution is 7.80. The van der Waals surface area contributed by atoms with Gasteiger partial charge in [-0.2, -0.15) is 0 Å². The normalized spacial score (nSPS) is 19.3. The Morgan fingerprint density at radius 3 is 2.66 bits per heavy atom. The summed E-state index contributed by atoms with van der Waals surface area (Å²) in [6.45, 7) is 10.5. The van der Waals surface area contributed by atoms with Gasteiger partial charge in [-0.3, -0.25) is 14.7 Å². The lowest BCUT2D eigenvalue weighted by Gasteiger charge is -2.28. The Kier molecular flexibility index (Phi) is 9.53. The van der Waals surface area contributed by atoms with Crippen molar-refractivity contribution in [2.24, 2.45) is 0 Å². The first-order valence-corrected chi connectivity index (χ1v) is 14.7. The number of hydrogen-bond acceptors (Lipinski definition) is 6. The largest absolute Gasteiger partial charge is 0.495 e. The van der Waals surface area contributed by atoms with Gasteiger partial charge in [-0.15, -0.1) is 0 Å². The average molecular weight is 577 g/mol. The fourth-order valence-electron chi connectivity index (χ4n) is 5.92. The first-order valence-electron chi connectivity index (χ1n) is 14.3. The Bertz CT molecular complexity index is 1340. The van der Waals surface area contributed by atoms with Gasteiger partial charge in [-0.05, 0) is 68.4 Å². The molecule has 2 atom stereocenters. The van der Waals surface area contributed by atoms with Gasteiger partial charge in [0.05, 0.1) is 43.8 Å². The van der Waals surface area contributed by atoms with Crippen molar-refractivity contribution < 1.29 is 14.3 Å². The van der Waals surface area contributed by atoms with Gasteiger partial charge >= 0.3 is 0 Å². The van der Waals surface area contributed by atoms with Crippen molar-refractivity contribution in [2.75, 3.05) is 51.8 Å². The Labute approximate surface area is 247 Å². The standard InChI is InChI=1S/C31H40N6O3S/c1-22-21-24(23(2)36(22)15-8-14-35-17-19-40-20-18-35)30-29(26-10-6-7-13-32-26)34-31(41)37(30)16-12-28(38)33-25-9-4-5-11-27(25)39-3/h4-7,9-11,13,21,29-30H,8,12,14-20H2,1-3H3,(H,33,38)(H,34,41)/t29-,30+/m0/s1. The van der Waals surface area contributed by atoms with Crippen LogP contribution in [0.2, 0.25) is 0 Å². The van der Waals surface area contributed by atoms with E-state index in [-0.39, 0.29) is 24.4 Å². The highest BCUT2D eigenvalue weighted by Gasteiger charge is 2.41. The van der Waals surface area contributed by atoms with E-state index in [1.165, 1.54) is 17.0 Å². The van der Waals surface area contributed by atoms with Gasteiger partial charge in [0.15, 0.2) is 5.11 Å². The summed E-state index contributed by atoms with van der Waals surface area (Å²) < 4.78 is 13.3. The van der Waals surface area contributed by atoms with Crippen LogP contribution in [0.25, 0.3) is 0 Å². The van der Waals surface area contributed by atoms with E-state index in [1.54, 1.807) is 7.11 Å². The smallest absolute Gasteiger partial charge is 0.226 e. The molecule has 0 bridgehead atoms. The van der Waals surface area contributed by atoms with Crippen molar-refractivity contribution in [1.82, 2.24) is 24.7 Å². The molecule has 2 aliphatic rings. The lowest BCUT2D eigenvalue weighted by Crippen LogP contribution is -2.37. The summed E-state index contributed by atoms with van der Waals surface area (Å²) in [5.41, 5.74) is 5.25. The third-order valence-corrected chi connectivity index (χ3v) is 8.40. The molecule has 2 fully saturated rings. The molecule has 5 rings (SSSR count). The molecule has 4 heterocycles. The van der Waals surface area contributed by atoms with Gasteiger partial charge < -0.3 is 29.6 Å². The first-order chi connectivity index (χ1) is 20.0. The fourth-order valence-corrected chi connectivity index (χ4v) is 6.25. The second-order valence-electron chi connectivity index (χ2n) is 10.6. The molecule has 41 heavy (non-hydrogen) atoms. The van der Waals surface area contributed by atoms with E-state index in [0.29, 0.717) is 23.1 Å². The molecular weight excluding hydrogens is 536 g/mol. The van der Waals surface area contributed by atoms with E-state index in [1.807, 2.05) is 48.7 Å². The van der Waals surface area contributed by atoms with Crippen LogP contribution >= 0.6 is 12.2 Å². The molecule has 1 aromatic carbocycles. The number of nitrogens with one attached hydrogen (secondary N) is 2. The minimum atomic E-state index is -0.122. The molecule has 2 saturated heterocycles. The molecule has 10 heteroatoms. The van der Waals surface area contributed by atoms with Crippen molar-refractivity contribution in [3.8, 4) is 5.75 Å². The molecule has 0 aliphatic carbocycles. The number of hydrogen-bond donors (Lipinski definition) is 2. The maximum absolute atomic E-state index is 13.0. The van der Waals surface area contributed by atoms with E-state index >= 15 is 0 Å². The number of para-hydroxylation sites is 2. The van der Waals surface area contributed by atoms with Gasteiger partial charge in [0, 0.05) is 56.7 Å². The minimum Gasteiger partial charge on any atom is -0.495 e. The van der Waals surface area contributed by atoms with E-state index in [9.17, 15) is 4.79 Å². The van der Waals surface area contributed by atoms with Crippen LogP contribution in [-0.4, -0.2) is 76.9 Å².